The molecule has 0 aromatic carbocycles. The summed E-state index contributed by atoms with van der Waals surface area (Å²) in [5, 5.41) is 0. The molecule has 3 unspecified atom stereocenters. The number of hydrogen-bond acceptors (Lipinski definition) is 1. The number of hydrogen-bond donors (Lipinski definition) is 1. The van der Waals surface area contributed by atoms with Crippen molar-refractivity contribution in [3.63, 3.8) is 0 Å². The van der Waals surface area contributed by atoms with Gasteiger partial charge in [-0.25, -0.2) is 0 Å². The molecule has 0 heterocycles. The topological polar surface area (TPSA) is 26.0 Å². The summed E-state index contributed by atoms with van der Waals surface area (Å²) in [6.45, 7) is 5.54. The minimum atomic E-state index is 0.836. The van der Waals surface area contributed by atoms with Gasteiger partial charge in [0.25, 0.3) is 0 Å². The van der Waals surface area contributed by atoms with E-state index >= 15 is 0 Å². The largest absolute Gasteiger partial charge is 0.330 e. The fourth-order valence-electron chi connectivity index (χ4n) is 2.83. The SMILES string of the molecule is CCCC1CC(CC)CCC1CN. The van der Waals surface area contributed by atoms with Crippen LogP contribution in [0.5, 0.6) is 0 Å². The van der Waals surface area contributed by atoms with Crippen molar-refractivity contribution in [1.29, 1.82) is 0 Å². The van der Waals surface area contributed by atoms with E-state index in [0.717, 1.165) is 24.3 Å². The van der Waals surface area contributed by atoms with Crippen LogP contribution in [0, 0.1) is 17.8 Å². The highest BCUT2D eigenvalue weighted by atomic mass is 14.6. The van der Waals surface area contributed by atoms with Crippen LogP contribution in [0.3, 0.4) is 0 Å². The van der Waals surface area contributed by atoms with E-state index in [9.17, 15) is 0 Å². The molecule has 2 N–H and O–H groups in total. The van der Waals surface area contributed by atoms with E-state index < -0.39 is 0 Å². The summed E-state index contributed by atoms with van der Waals surface area (Å²) < 4.78 is 0. The van der Waals surface area contributed by atoms with E-state index in [-0.39, 0.29) is 0 Å². The highest BCUT2D eigenvalue weighted by Crippen LogP contribution is 2.37. The minimum absolute atomic E-state index is 0.836. The third-order valence-corrected chi connectivity index (χ3v) is 3.79. The van der Waals surface area contributed by atoms with Gasteiger partial charge in [-0.3, -0.25) is 0 Å². The standard InChI is InChI=1S/C12H25N/c1-3-5-11-8-10(4-2)6-7-12(11)9-13/h10-12H,3-9,13H2,1-2H3. The Balaban J connectivity index is 2.42. The molecule has 0 aromatic heterocycles. The van der Waals surface area contributed by atoms with E-state index in [2.05, 4.69) is 13.8 Å². The quantitative estimate of drug-likeness (QED) is 0.711. The summed E-state index contributed by atoms with van der Waals surface area (Å²) >= 11 is 0. The van der Waals surface area contributed by atoms with E-state index in [4.69, 9.17) is 5.73 Å². The van der Waals surface area contributed by atoms with Crippen LogP contribution in [-0.2, 0) is 0 Å². The third-order valence-electron chi connectivity index (χ3n) is 3.79. The zero-order valence-corrected chi connectivity index (χ0v) is 9.26. The highest BCUT2D eigenvalue weighted by Gasteiger charge is 2.27. The number of rotatable bonds is 4. The first-order valence-electron chi connectivity index (χ1n) is 6.01. The molecule has 3 atom stereocenters. The van der Waals surface area contributed by atoms with Gasteiger partial charge < -0.3 is 5.73 Å². The van der Waals surface area contributed by atoms with Crippen molar-refractivity contribution in [2.75, 3.05) is 6.54 Å². The summed E-state index contributed by atoms with van der Waals surface area (Å²) in [6, 6.07) is 0. The molecule has 0 amide bonds. The van der Waals surface area contributed by atoms with Gasteiger partial charge in [-0.2, -0.15) is 0 Å². The predicted molar refractivity (Wildman–Crippen MR) is 58.6 cm³/mol. The van der Waals surface area contributed by atoms with Gasteiger partial charge >= 0.3 is 0 Å². The molecule has 0 saturated heterocycles. The summed E-state index contributed by atoms with van der Waals surface area (Å²) in [4.78, 5) is 0. The van der Waals surface area contributed by atoms with Gasteiger partial charge in [0, 0.05) is 0 Å². The molecule has 1 aliphatic rings. The Bertz CT molecular complexity index is 133. The lowest BCUT2D eigenvalue weighted by molar-refractivity contribution is 0.170. The Hall–Kier alpha value is -0.0400. The molecule has 0 aliphatic heterocycles. The van der Waals surface area contributed by atoms with Crippen molar-refractivity contribution in [3.05, 3.63) is 0 Å². The molecular weight excluding hydrogens is 158 g/mol. The highest BCUT2D eigenvalue weighted by molar-refractivity contribution is 4.79. The summed E-state index contributed by atoms with van der Waals surface area (Å²) in [5.41, 5.74) is 5.81. The van der Waals surface area contributed by atoms with Crippen LogP contribution in [0.4, 0.5) is 0 Å². The van der Waals surface area contributed by atoms with E-state index in [0.29, 0.717) is 0 Å². The van der Waals surface area contributed by atoms with E-state index in [1.807, 2.05) is 0 Å². The van der Waals surface area contributed by atoms with Crippen molar-refractivity contribution in [2.45, 2.75) is 52.4 Å². The van der Waals surface area contributed by atoms with E-state index in [1.165, 1.54) is 38.5 Å². The Morgan fingerprint density at radius 2 is 1.92 bits per heavy atom. The van der Waals surface area contributed by atoms with Gasteiger partial charge in [0.1, 0.15) is 0 Å². The summed E-state index contributed by atoms with van der Waals surface area (Å²) in [6.07, 6.45) is 8.37. The predicted octanol–water partition coefficient (Wildman–Crippen LogP) is 3.19. The van der Waals surface area contributed by atoms with Crippen molar-refractivity contribution in [3.8, 4) is 0 Å². The lowest BCUT2D eigenvalue weighted by atomic mass is 9.71. The molecule has 0 bridgehead atoms. The second-order valence-corrected chi connectivity index (χ2v) is 4.63. The van der Waals surface area contributed by atoms with Gasteiger partial charge in [0.2, 0.25) is 0 Å². The van der Waals surface area contributed by atoms with Crippen molar-refractivity contribution >= 4 is 0 Å². The fourth-order valence-corrected chi connectivity index (χ4v) is 2.83. The number of nitrogens with two attached hydrogens (primary N) is 1. The lowest BCUT2D eigenvalue weighted by Gasteiger charge is -2.35. The zero-order chi connectivity index (χ0) is 9.68. The molecule has 1 nitrogen and oxygen atoms in total. The van der Waals surface area contributed by atoms with Crippen LogP contribution in [0.15, 0.2) is 0 Å². The monoisotopic (exact) mass is 183 g/mol. The van der Waals surface area contributed by atoms with Gasteiger partial charge in [-0.15, -0.1) is 0 Å². The molecule has 0 aromatic rings. The molecular formula is C12H25N. The van der Waals surface area contributed by atoms with Crippen LogP contribution in [0.1, 0.15) is 52.4 Å². The van der Waals surface area contributed by atoms with Gasteiger partial charge in [0.05, 0.1) is 0 Å². The second kappa shape index (κ2) is 5.64. The maximum absolute atomic E-state index is 5.81. The van der Waals surface area contributed by atoms with E-state index in [1.54, 1.807) is 0 Å². The third kappa shape index (κ3) is 2.98. The molecule has 0 spiro atoms. The normalized spacial score (nSPS) is 34.8. The first kappa shape index (κ1) is 11.0. The average molecular weight is 183 g/mol. The van der Waals surface area contributed by atoms with Crippen molar-refractivity contribution in [1.82, 2.24) is 0 Å². The van der Waals surface area contributed by atoms with Crippen molar-refractivity contribution < 1.29 is 0 Å². The molecule has 1 rings (SSSR count). The molecule has 1 heteroatoms. The Labute approximate surface area is 83.1 Å². The molecule has 78 valence electrons. The second-order valence-electron chi connectivity index (χ2n) is 4.63. The van der Waals surface area contributed by atoms with Gasteiger partial charge in [-0.1, -0.05) is 39.5 Å². The van der Waals surface area contributed by atoms with Crippen LogP contribution in [0.2, 0.25) is 0 Å². The van der Waals surface area contributed by atoms with Gasteiger partial charge in [-0.05, 0) is 37.1 Å². The average Bonchev–Trinajstić information content (AvgIpc) is 2.18. The Morgan fingerprint density at radius 3 is 2.46 bits per heavy atom. The molecule has 13 heavy (non-hydrogen) atoms. The first-order chi connectivity index (χ1) is 6.31. The maximum atomic E-state index is 5.81. The smallest absolute Gasteiger partial charge is 0.00462 e. The van der Waals surface area contributed by atoms with Gasteiger partial charge in [0.15, 0.2) is 0 Å². The molecule has 1 saturated carbocycles. The molecule has 1 fully saturated rings. The minimum Gasteiger partial charge on any atom is -0.330 e. The lowest BCUT2D eigenvalue weighted by Crippen LogP contribution is -2.30. The first-order valence-corrected chi connectivity index (χ1v) is 6.01. The van der Waals surface area contributed by atoms with Crippen LogP contribution in [-0.4, -0.2) is 6.54 Å². The Morgan fingerprint density at radius 1 is 1.15 bits per heavy atom. The molecule has 0 radical (unpaired) electrons. The Kier molecular flexibility index (Phi) is 4.79. The van der Waals surface area contributed by atoms with Crippen LogP contribution in [0.25, 0.3) is 0 Å². The molecule has 1 aliphatic carbocycles. The summed E-state index contributed by atoms with van der Waals surface area (Å²) in [7, 11) is 0. The fraction of sp³-hybridized carbons (Fsp3) is 1.00. The van der Waals surface area contributed by atoms with Crippen LogP contribution < -0.4 is 5.73 Å². The zero-order valence-electron chi connectivity index (χ0n) is 9.26. The maximum Gasteiger partial charge on any atom is -0.00462 e. The van der Waals surface area contributed by atoms with Crippen LogP contribution >= 0.6 is 0 Å². The summed E-state index contributed by atoms with van der Waals surface area (Å²) in [5.74, 6) is 2.77. The van der Waals surface area contributed by atoms with Crippen molar-refractivity contribution in [2.24, 2.45) is 23.5 Å².